The first kappa shape index (κ1) is 23.0. The van der Waals surface area contributed by atoms with Gasteiger partial charge in [0.25, 0.3) is 10.0 Å². The molecule has 5 N–H and O–H groups in total. The minimum absolute atomic E-state index is 0.163. The quantitative estimate of drug-likeness (QED) is 0.331. The highest BCUT2D eigenvalue weighted by Crippen LogP contribution is 2.14. The maximum absolute atomic E-state index is 12.1. The molecule has 0 aliphatic rings. The molecule has 28 heavy (non-hydrogen) atoms. The topological polar surface area (TPSA) is 171 Å². The van der Waals surface area contributed by atoms with Crippen molar-refractivity contribution < 1.29 is 32.7 Å². The van der Waals surface area contributed by atoms with E-state index in [0.29, 0.717) is 6.54 Å². The van der Waals surface area contributed by atoms with Crippen LogP contribution in [0, 0.1) is 5.92 Å². The van der Waals surface area contributed by atoms with E-state index < -0.39 is 40.3 Å². The number of benzene rings is 1. The normalized spacial score (nSPS) is 10.9. The van der Waals surface area contributed by atoms with Crippen LogP contribution in [-0.4, -0.2) is 56.8 Å². The number of hydrogen-bond acceptors (Lipinski definition) is 7. The van der Waals surface area contributed by atoms with Crippen LogP contribution in [0.5, 0.6) is 0 Å². The number of nitrogens with one attached hydrogen (secondary N) is 4. The summed E-state index contributed by atoms with van der Waals surface area (Å²) in [5, 5.41) is 15.3. The zero-order chi connectivity index (χ0) is 21.3. The molecule has 0 saturated heterocycles. The zero-order valence-corrected chi connectivity index (χ0v) is 16.1. The second-order valence-electron chi connectivity index (χ2n) is 6.00. The van der Waals surface area contributed by atoms with Crippen LogP contribution in [0.2, 0.25) is 0 Å². The first-order chi connectivity index (χ1) is 13.1. The fourth-order valence-corrected chi connectivity index (χ4v) is 2.71. The zero-order valence-electron chi connectivity index (χ0n) is 15.3. The van der Waals surface area contributed by atoms with Gasteiger partial charge in [-0.1, -0.05) is 13.8 Å². The van der Waals surface area contributed by atoms with Crippen LogP contribution in [0.25, 0.3) is 0 Å². The highest BCUT2D eigenvalue weighted by atomic mass is 32.2. The van der Waals surface area contributed by atoms with Crippen LogP contribution in [-0.2, 0) is 29.2 Å². The van der Waals surface area contributed by atoms with Crippen molar-refractivity contribution in [3.05, 3.63) is 24.3 Å². The van der Waals surface area contributed by atoms with Gasteiger partial charge in [0.2, 0.25) is 0 Å². The summed E-state index contributed by atoms with van der Waals surface area (Å²) in [5.74, 6) is -4.19. The average Bonchev–Trinajstić information content (AvgIpc) is 2.63. The molecule has 0 atom stereocenters. The Morgan fingerprint density at radius 1 is 0.929 bits per heavy atom. The summed E-state index contributed by atoms with van der Waals surface area (Å²) in [6.45, 7) is 3.45. The van der Waals surface area contributed by atoms with Crippen molar-refractivity contribution in [2.45, 2.75) is 18.7 Å². The molecule has 11 nitrogen and oxygen atoms in total. The van der Waals surface area contributed by atoms with Gasteiger partial charge in [-0.15, -0.1) is 0 Å². The molecule has 0 aliphatic heterocycles. The Labute approximate surface area is 161 Å². The molecule has 0 aromatic heterocycles. The number of carbonyl (C=O) groups excluding carboxylic acids is 4. The van der Waals surface area contributed by atoms with Crippen LogP contribution in [0.1, 0.15) is 13.8 Å². The molecular weight excluding hydrogens is 392 g/mol. The molecule has 1 rings (SSSR count). The minimum Gasteiger partial charge on any atom is -0.395 e. The molecule has 154 valence electrons. The second-order valence-corrected chi connectivity index (χ2v) is 7.68. The monoisotopic (exact) mass is 414 g/mol. The van der Waals surface area contributed by atoms with Gasteiger partial charge in [-0.2, -0.15) is 0 Å². The summed E-state index contributed by atoms with van der Waals surface area (Å²) >= 11 is 0. The molecule has 0 fully saturated rings. The van der Waals surface area contributed by atoms with E-state index in [2.05, 4.69) is 10.6 Å². The molecule has 4 amide bonds. The molecule has 12 heteroatoms. The van der Waals surface area contributed by atoms with Crippen molar-refractivity contribution in [3.63, 3.8) is 0 Å². The van der Waals surface area contributed by atoms with Crippen molar-refractivity contribution in [1.29, 1.82) is 0 Å². The molecule has 0 saturated carbocycles. The van der Waals surface area contributed by atoms with E-state index >= 15 is 0 Å². The van der Waals surface area contributed by atoms with Gasteiger partial charge in [0.1, 0.15) is 0 Å². The van der Waals surface area contributed by atoms with E-state index in [1.807, 2.05) is 19.2 Å². The van der Waals surface area contributed by atoms with E-state index in [4.69, 9.17) is 5.11 Å². The smallest absolute Gasteiger partial charge is 0.322 e. The van der Waals surface area contributed by atoms with Gasteiger partial charge in [-0.3, -0.25) is 19.2 Å². The minimum atomic E-state index is -4.32. The lowest BCUT2D eigenvalue weighted by Gasteiger charge is -2.09. The van der Waals surface area contributed by atoms with Crippen LogP contribution in [0.15, 0.2) is 29.2 Å². The highest BCUT2D eigenvalue weighted by Gasteiger charge is 2.22. The Kier molecular flexibility index (Phi) is 8.54. The van der Waals surface area contributed by atoms with Crippen molar-refractivity contribution in [2.24, 2.45) is 5.92 Å². The maximum atomic E-state index is 12.1. The van der Waals surface area contributed by atoms with Gasteiger partial charge >= 0.3 is 23.6 Å². The number of sulfonamides is 1. The van der Waals surface area contributed by atoms with Gasteiger partial charge in [0.05, 0.1) is 11.5 Å². The number of anilines is 1. The summed E-state index contributed by atoms with van der Waals surface area (Å²) in [6, 6.07) is 4.61. The number of carbonyl (C=O) groups is 4. The SMILES string of the molecule is CC(C)CNC(=O)C(=O)Nc1ccc(S(=O)(=O)NC(=O)C(=O)NCCO)cc1. The largest absolute Gasteiger partial charge is 0.395 e. The summed E-state index contributed by atoms with van der Waals surface area (Å²) < 4.78 is 25.8. The van der Waals surface area contributed by atoms with Gasteiger partial charge in [0.15, 0.2) is 0 Å². The van der Waals surface area contributed by atoms with E-state index in [1.54, 1.807) is 4.72 Å². The van der Waals surface area contributed by atoms with Crippen molar-refractivity contribution >= 4 is 39.3 Å². The fraction of sp³-hybridized carbons (Fsp3) is 0.375. The van der Waals surface area contributed by atoms with Crippen LogP contribution in [0.3, 0.4) is 0 Å². The van der Waals surface area contributed by atoms with Crippen LogP contribution >= 0.6 is 0 Å². The fourth-order valence-electron chi connectivity index (χ4n) is 1.76. The molecule has 0 aliphatic carbocycles. The van der Waals surface area contributed by atoms with Crippen LogP contribution < -0.4 is 20.7 Å². The van der Waals surface area contributed by atoms with Crippen molar-refractivity contribution in [1.82, 2.24) is 15.4 Å². The number of aliphatic hydroxyl groups is 1. The van der Waals surface area contributed by atoms with Gasteiger partial charge in [-0.25, -0.2) is 13.1 Å². The summed E-state index contributed by atoms with van der Waals surface area (Å²) in [6.07, 6.45) is 0. The van der Waals surface area contributed by atoms with Crippen molar-refractivity contribution in [3.8, 4) is 0 Å². The third-order valence-electron chi connectivity index (χ3n) is 3.13. The predicted octanol–water partition coefficient (Wildman–Crippen LogP) is -1.69. The third kappa shape index (κ3) is 7.32. The Balaban J connectivity index is 2.72. The lowest BCUT2D eigenvalue weighted by Crippen LogP contribution is -2.43. The molecule has 0 heterocycles. The number of hydrogen-bond donors (Lipinski definition) is 5. The molecule has 1 aromatic rings. The molecule has 0 bridgehead atoms. The lowest BCUT2D eigenvalue weighted by molar-refractivity contribution is -0.138. The van der Waals surface area contributed by atoms with E-state index in [0.717, 1.165) is 12.1 Å². The van der Waals surface area contributed by atoms with Crippen molar-refractivity contribution in [2.75, 3.05) is 25.0 Å². The molecule has 0 radical (unpaired) electrons. The Hall–Kier alpha value is -2.99. The predicted molar refractivity (Wildman–Crippen MR) is 98.3 cm³/mol. The molecule has 0 unspecified atom stereocenters. The molecule has 1 aromatic carbocycles. The summed E-state index contributed by atoms with van der Waals surface area (Å²) in [7, 11) is -4.32. The van der Waals surface area contributed by atoms with E-state index in [9.17, 15) is 27.6 Å². The van der Waals surface area contributed by atoms with Crippen LogP contribution in [0.4, 0.5) is 5.69 Å². The summed E-state index contributed by atoms with van der Waals surface area (Å²) in [5.41, 5.74) is 0.163. The number of amides is 4. The second kappa shape index (κ2) is 10.4. The number of aliphatic hydroxyl groups excluding tert-OH is 1. The molecular formula is C16H22N4O7S. The van der Waals surface area contributed by atoms with E-state index in [1.165, 1.54) is 12.1 Å². The third-order valence-corrected chi connectivity index (χ3v) is 4.48. The maximum Gasteiger partial charge on any atom is 0.322 e. The Morgan fingerprint density at radius 3 is 2.04 bits per heavy atom. The lowest BCUT2D eigenvalue weighted by atomic mass is 10.2. The first-order valence-corrected chi connectivity index (χ1v) is 9.70. The summed E-state index contributed by atoms with van der Waals surface area (Å²) in [4.78, 5) is 45.9. The highest BCUT2D eigenvalue weighted by molar-refractivity contribution is 7.90. The van der Waals surface area contributed by atoms with Gasteiger partial charge in [-0.05, 0) is 30.2 Å². The Bertz CT molecular complexity index is 835. The van der Waals surface area contributed by atoms with Gasteiger partial charge in [0, 0.05) is 18.8 Å². The van der Waals surface area contributed by atoms with E-state index in [-0.39, 0.29) is 23.0 Å². The van der Waals surface area contributed by atoms with Gasteiger partial charge < -0.3 is 21.1 Å². The average molecular weight is 414 g/mol. The molecule has 0 spiro atoms. The Morgan fingerprint density at radius 2 is 1.50 bits per heavy atom. The standard InChI is InChI=1S/C16H22N4O7S/c1-10(2)9-18-13(22)15(24)19-11-3-5-12(6-4-11)28(26,27)20-16(25)14(23)17-7-8-21/h3-6,10,21H,7-9H2,1-2H3,(H,17,23)(H,18,22)(H,19,24)(H,20,25). The first-order valence-electron chi connectivity index (χ1n) is 8.22. The number of rotatable bonds is 7.